The highest BCUT2D eigenvalue weighted by molar-refractivity contribution is 6.20. The van der Waals surface area contributed by atoms with Crippen LogP contribution in [0.25, 0.3) is 23.2 Å². The van der Waals surface area contributed by atoms with E-state index in [4.69, 9.17) is 4.74 Å². The van der Waals surface area contributed by atoms with Gasteiger partial charge in [-0.3, -0.25) is 4.98 Å². The Bertz CT molecular complexity index is 1140. The Labute approximate surface area is 183 Å². The van der Waals surface area contributed by atoms with E-state index in [1.54, 1.807) is 26.0 Å². The number of halogens is 6. The van der Waals surface area contributed by atoms with Gasteiger partial charge in [-0.15, -0.1) is 5.10 Å². The number of carbonyl (C=O) groups excluding carboxylic acids is 1. The molecule has 0 saturated carbocycles. The van der Waals surface area contributed by atoms with Crippen LogP contribution in [-0.4, -0.2) is 31.8 Å². The molecule has 0 unspecified atom stereocenters. The lowest BCUT2D eigenvalue weighted by molar-refractivity contribution is -0.143. The zero-order valence-corrected chi connectivity index (χ0v) is 17.1. The number of pyridine rings is 1. The fourth-order valence-corrected chi connectivity index (χ4v) is 2.73. The van der Waals surface area contributed by atoms with E-state index in [1.165, 1.54) is 18.6 Å². The largest absolute Gasteiger partial charge is 0.459 e. The zero-order chi connectivity index (χ0) is 24.4. The third-order valence-electron chi connectivity index (χ3n) is 4.15. The molecule has 0 aliphatic heterocycles. The highest BCUT2D eigenvalue weighted by atomic mass is 19.4. The van der Waals surface area contributed by atoms with E-state index < -0.39 is 46.9 Å². The van der Waals surface area contributed by atoms with Crippen LogP contribution < -0.4 is 0 Å². The van der Waals surface area contributed by atoms with Crippen molar-refractivity contribution in [2.75, 3.05) is 0 Å². The van der Waals surface area contributed by atoms with Gasteiger partial charge in [0.25, 0.3) is 0 Å². The van der Waals surface area contributed by atoms with Gasteiger partial charge in [0.05, 0.1) is 22.8 Å². The van der Waals surface area contributed by atoms with Crippen molar-refractivity contribution in [3.63, 3.8) is 0 Å². The van der Waals surface area contributed by atoms with E-state index in [1.807, 2.05) is 0 Å². The summed E-state index contributed by atoms with van der Waals surface area (Å²) in [4.78, 5) is 20.2. The number of nitrogens with zero attached hydrogens (tertiary/aromatic N) is 4. The number of rotatable bonds is 5. The molecule has 0 N–H and O–H groups in total. The van der Waals surface area contributed by atoms with E-state index in [-0.39, 0.29) is 11.6 Å². The molecule has 3 aromatic rings. The van der Waals surface area contributed by atoms with Gasteiger partial charge in [0, 0.05) is 29.7 Å². The molecule has 0 radical (unpaired) electrons. The van der Waals surface area contributed by atoms with Gasteiger partial charge in [0.15, 0.2) is 5.82 Å². The van der Waals surface area contributed by atoms with Crippen molar-refractivity contribution < 1.29 is 35.9 Å². The van der Waals surface area contributed by atoms with Crippen molar-refractivity contribution in [3.05, 3.63) is 65.7 Å². The molecule has 0 bridgehead atoms. The lowest BCUT2D eigenvalue weighted by atomic mass is 10.0. The second-order valence-corrected chi connectivity index (χ2v) is 7.08. The molecule has 0 aliphatic rings. The molecule has 0 aliphatic carbocycles. The van der Waals surface area contributed by atoms with Crippen molar-refractivity contribution in [3.8, 4) is 11.4 Å². The van der Waals surface area contributed by atoms with Crippen LogP contribution in [0.4, 0.5) is 26.3 Å². The number of carbonyl (C=O) groups is 1. The predicted octanol–water partition coefficient (Wildman–Crippen LogP) is 5.33. The summed E-state index contributed by atoms with van der Waals surface area (Å²) >= 11 is 0. The van der Waals surface area contributed by atoms with Gasteiger partial charge in [-0.05, 0) is 38.1 Å². The smallest absolute Gasteiger partial charge is 0.416 e. The van der Waals surface area contributed by atoms with Gasteiger partial charge in [0.2, 0.25) is 0 Å². The van der Waals surface area contributed by atoms with Gasteiger partial charge < -0.3 is 4.74 Å². The Morgan fingerprint density at radius 3 is 2.21 bits per heavy atom. The molecule has 2 heterocycles. The van der Waals surface area contributed by atoms with Gasteiger partial charge >= 0.3 is 18.3 Å². The van der Waals surface area contributed by atoms with E-state index in [2.05, 4.69) is 15.1 Å². The second kappa shape index (κ2) is 9.04. The first-order valence-corrected chi connectivity index (χ1v) is 9.39. The maximum atomic E-state index is 13.1. The average Bonchev–Trinajstić information content (AvgIpc) is 3.19. The molecule has 0 amide bonds. The molecule has 3 rings (SSSR count). The number of hydrogen-bond acceptors (Lipinski definition) is 5. The van der Waals surface area contributed by atoms with Gasteiger partial charge in [-0.1, -0.05) is 6.07 Å². The first-order valence-electron chi connectivity index (χ1n) is 9.39. The van der Waals surface area contributed by atoms with Crippen LogP contribution in [0.15, 0.2) is 49.1 Å². The molecule has 1 aromatic carbocycles. The van der Waals surface area contributed by atoms with Crippen LogP contribution in [0.1, 0.15) is 30.5 Å². The normalized spacial score (nSPS) is 12.8. The second-order valence-electron chi connectivity index (χ2n) is 7.08. The molecule has 0 fully saturated rings. The maximum Gasteiger partial charge on any atom is 0.416 e. The molecule has 0 spiro atoms. The summed E-state index contributed by atoms with van der Waals surface area (Å²) in [6.07, 6.45) is -5.37. The quantitative estimate of drug-likeness (QED) is 0.287. The summed E-state index contributed by atoms with van der Waals surface area (Å²) in [5.74, 6) is -1.13. The fraction of sp³-hybridized carbons (Fsp3) is 0.238. The molecule has 12 heteroatoms. The Balaban J connectivity index is 2.06. The van der Waals surface area contributed by atoms with Crippen LogP contribution in [0, 0.1) is 0 Å². The van der Waals surface area contributed by atoms with Crippen molar-refractivity contribution in [1.82, 2.24) is 19.7 Å². The maximum absolute atomic E-state index is 13.1. The number of ether oxygens (including phenoxy) is 1. The Morgan fingerprint density at radius 1 is 1.06 bits per heavy atom. The van der Waals surface area contributed by atoms with Crippen molar-refractivity contribution in [1.29, 1.82) is 0 Å². The lowest BCUT2D eigenvalue weighted by Gasteiger charge is -2.13. The molecule has 174 valence electrons. The average molecular weight is 470 g/mol. The number of esters is 1. The number of benzene rings is 1. The molecule has 33 heavy (non-hydrogen) atoms. The Morgan fingerprint density at radius 2 is 1.70 bits per heavy atom. The monoisotopic (exact) mass is 470 g/mol. The van der Waals surface area contributed by atoms with Gasteiger partial charge in [-0.25, -0.2) is 14.5 Å². The van der Waals surface area contributed by atoms with Crippen LogP contribution in [0.3, 0.4) is 0 Å². The highest BCUT2D eigenvalue weighted by Gasteiger charge is 2.37. The van der Waals surface area contributed by atoms with Gasteiger partial charge in [-0.2, -0.15) is 26.3 Å². The minimum atomic E-state index is -5.01. The first kappa shape index (κ1) is 24.0. The predicted molar refractivity (Wildman–Crippen MR) is 105 cm³/mol. The van der Waals surface area contributed by atoms with Crippen molar-refractivity contribution in [2.24, 2.45) is 0 Å². The van der Waals surface area contributed by atoms with Crippen LogP contribution >= 0.6 is 0 Å². The topological polar surface area (TPSA) is 69.9 Å². The third kappa shape index (κ3) is 5.96. The molecule has 6 nitrogen and oxygen atoms in total. The van der Waals surface area contributed by atoms with Crippen molar-refractivity contribution >= 4 is 17.7 Å². The molecule has 0 atom stereocenters. The van der Waals surface area contributed by atoms with E-state index in [0.717, 1.165) is 11.0 Å². The number of alkyl halides is 6. The molecular formula is C21H16F6N4O2. The summed E-state index contributed by atoms with van der Waals surface area (Å²) in [5, 5.41) is 3.92. The number of hydrogen-bond donors (Lipinski definition) is 0. The molecule has 2 aromatic heterocycles. The van der Waals surface area contributed by atoms with Gasteiger partial charge in [0.1, 0.15) is 6.33 Å². The molecular weight excluding hydrogens is 454 g/mol. The van der Waals surface area contributed by atoms with E-state index in [9.17, 15) is 31.1 Å². The highest BCUT2D eigenvalue weighted by Crippen LogP contribution is 2.38. The van der Waals surface area contributed by atoms with Crippen LogP contribution in [-0.2, 0) is 21.9 Å². The third-order valence-corrected chi connectivity index (χ3v) is 4.15. The van der Waals surface area contributed by atoms with E-state index >= 15 is 0 Å². The van der Waals surface area contributed by atoms with Crippen LogP contribution in [0.2, 0.25) is 0 Å². The zero-order valence-electron chi connectivity index (χ0n) is 17.1. The summed E-state index contributed by atoms with van der Waals surface area (Å²) in [7, 11) is 0. The fourth-order valence-electron chi connectivity index (χ4n) is 2.73. The Hall–Kier alpha value is -3.70. The van der Waals surface area contributed by atoms with Crippen molar-refractivity contribution in [2.45, 2.75) is 32.3 Å². The number of aromatic nitrogens is 4. The lowest BCUT2D eigenvalue weighted by Crippen LogP contribution is -2.13. The Kier molecular flexibility index (Phi) is 6.56. The summed E-state index contributed by atoms with van der Waals surface area (Å²) in [5.41, 5.74) is -3.10. The minimum Gasteiger partial charge on any atom is -0.459 e. The summed E-state index contributed by atoms with van der Waals surface area (Å²) in [6.45, 7) is 3.27. The minimum absolute atomic E-state index is 0.00766. The SMILES string of the molecule is CC(C)OC(=O)/C(=C/n1cnc(-c2cc(C(F)(F)F)cc(C(F)(F)F)c2)n1)c1cccnc1. The van der Waals surface area contributed by atoms with E-state index in [0.29, 0.717) is 17.7 Å². The molecule has 0 saturated heterocycles. The summed E-state index contributed by atoms with van der Waals surface area (Å²) < 4.78 is 85.0. The van der Waals surface area contributed by atoms with Crippen LogP contribution in [0.5, 0.6) is 0 Å². The summed E-state index contributed by atoms with van der Waals surface area (Å²) in [6, 6.07) is 4.20. The standard InChI is InChI=1S/C21H16F6N4O2/c1-12(2)33-19(32)17(13-4-3-5-28-9-13)10-31-11-29-18(30-31)14-6-15(20(22,23)24)8-16(7-14)21(25,26)27/h3-12H,1-2H3/b17-10+. The first-order chi connectivity index (χ1) is 15.3.